The van der Waals surface area contributed by atoms with Crippen LogP contribution >= 0.6 is 0 Å². The Hall–Kier alpha value is -0.850. The molecular formula is C10H16O. The van der Waals surface area contributed by atoms with Gasteiger partial charge in [0, 0.05) is 0 Å². The van der Waals surface area contributed by atoms with E-state index in [9.17, 15) is 4.79 Å². The molecule has 0 unspecified atom stereocenters. The van der Waals surface area contributed by atoms with E-state index in [0.29, 0.717) is 0 Å². The zero-order valence-corrected chi connectivity index (χ0v) is 7.12. The van der Waals surface area contributed by atoms with Crippen molar-refractivity contribution in [1.82, 2.24) is 0 Å². The van der Waals surface area contributed by atoms with Gasteiger partial charge >= 0.3 is 0 Å². The minimum atomic E-state index is 0.825. The van der Waals surface area contributed by atoms with E-state index in [1.54, 1.807) is 6.08 Å². The van der Waals surface area contributed by atoms with Gasteiger partial charge in [-0.05, 0) is 38.7 Å². The Kier molecular flexibility index (Phi) is 8.44. The van der Waals surface area contributed by atoms with Gasteiger partial charge in [0.25, 0.3) is 0 Å². The van der Waals surface area contributed by atoms with Crippen molar-refractivity contribution >= 4 is 6.29 Å². The van der Waals surface area contributed by atoms with Gasteiger partial charge in [0.1, 0.15) is 6.29 Å². The van der Waals surface area contributed by atoms with Crippen molar-refractivity contribution in [3.8, 4) is 0 Å². The van der Waals surface area contributed by atoms with E-state index in [-0.39, 0.29) is 0 Å². The van der Waals surface area contributed by atoms with Crippen LogP contribution in [-0.2, 0) is 4.79 Å². The molecule has 0 saturated carbocycles. The molecule has 0 N–H and O–H groups in total. The molecule has 1 heteroatoms. The Morgan fingerprint density at radius 3 is 2.27 bits per heavy atom. The minimum Gasteiger partial charge on any atom is -0.299 e. The summed E-state index contributed by atoms with van der Waals surface area (Å²) in [5.41, 5.74) is 0. The molecule has 1 nitrogen and oxygen atoms in total. The summed E-state index contributed by atoms with van der Waals surface area (Å²) in [6, 6.07) is 0. The van der Waals surface area contributed by atoms with Gasteiger partial charge in [0.15, 0.2) is 0 Å². The quantitative estimate of drug-likeness (QED) is 0.247. The van der Waals surface area contributed by atoms with E-state index in [0.717, 1.165) is 19.1 Å². The largest absolute Gasteiger partial charge is 0.299 e. The Morgan fingerprint density at radius 2 is 1.73 bits per heavy atom. The number of unbranched alkanes of at least 4 members (excludes halogenated alkanes) is 3. The summed E-state index contributed by atoms with van der Waals surface area (Å²) in [6.45, 7) is 2.03. The first-order valence-electron chi connectivity index (χ1n) is 4.13. The van der Waals surface area contributed by atoms with Crippen molar-refractivity contribution in [3.63, 3.8) is 0 Å². The second-order valence-electron chi connectivity index (χ2n) is 2.42. The number of carbonyl (C=O) groups excluding carboxylic acids is 1. The Bertz CT molecular complexity index is 134. The first kappa shape index (κ1) is 10.2. The lowest BCUT2D eigenvalue weighted by atomic mass is 10.2. The lowest BCUT2D eigenvalue weighted by Gasteiger charge is -1.90. The summed E-state index contributed by atoms with van der Waals surface area (Å²) in [7, 11) is 0. The maximum Gasteiger partial charge on any atom is 0.142 e. The molecule has 0 aromatic rings. The molecule has 0 aromatic carbocycles. The summed E-state index contributed by atoms with van der Waals surface area (Å²) >= 11 is 0. The lowest BCUT2D eigenvalue weighted by molar-refractivity contribution is -0.104. The fraction of sp³-hybridized carbons (Fsp3) is 0.500. The van der Waals surface area contributed by atoms with Gasteiger partial charge < -0.3 is 0 Å². The van der Waals surface area contributed by atoms with Crippen LogP contribution in [0.25, 0.3) is 0 Å². The predicted molar refractivity (Wildman–Crippen MR) is 48.5 cm³/mol. The zero-order chi connectivity index (χ0) is 8.36. The Morgan fingerprint density at radius 1 is 1.09 bits per heavy atom. The van der Waals surface area contributed by atoms with Crippen LogP contribution in [0.2, 0.25) is 0 Å². The number of rotatable bonds is 6. The van der Waals surface area contributed by atoms with Gasteiger partial charge in [-0.25, -0.2) is 0 Å². The average Bonchev–Trinajstić information content (AvgIpc) is 2.03. The van der Waals surface area contributed by atoms with Gasteiger partial charge in [0.2, 0.25) is 0 Å². The van der Waals surface area contributed by atoms with E-state index in [1.165, 1.54) is 12.8 Å². The standard InChI is InChI=1S/C10H16O/c1-2-3-4-5-6-7-8-9-10-11/h2-3,8-10H,4-7H2,1H3/b3-2+,9-8+. The summed E-state index contributed by atoms with van der Waals surface area (Å²) in [5, 5.41) is 0. The van der Waals surface area contributed by atoms with Crippen LogP contribution in [0.15, 0.2) is 24.3 Å². The number of allylic oxidation sites excluding steroid dienone is 4. The predicted octanol–water partition coefficient (Wildman–Crippen LogP) is 2.88. The molecule has 0 atom stereocenters. The molecule has 0 heterocycles. The molecule has 62 valence electrons. The SMILES string of the molecule is C/C=C/CCCC/C=C/C=O. The van der Waals surface area contributed by atoms with Crippen molar-refractivity contribution in [3.05, 3.63) is 24.3 Å². The van der Waals surface area contributed by atoms with Crippen molar-refractivity contribution < 1.29 is 4.79 Å². The van der Waals surface area contributed by atoms with E-state index in [2.05, 4.69) is 12.2 Å². The lowest BCUT2D eigenvalue weighted by Crippen LogP contribution is -1.72. The van der Waals surface area contributed by atoms with Crippen LogP contribution in [0.4, 0.5) is 0 Å². The summed E-state index contributed by atoms with van der Waals surface area (Å²) < 4.78 is 0. The highest BCUT2D eigenvalue weighted by Gasteiger charge is 1.81. The van der Waals surface area contributed by atoms with Crippen molar-refractivity contribution in [2.75, 3.05) is 0 Å². The van der Waals surface area contributed by atoms with Gasteiger partial charge in [0.05, 0.1) is 0 Å². The van der Waals surface area contributed by atoms with E-state index < -0.39 is 0 Å². The third-order valence-corrected chi connectivity index (χ3v) is 1.44. The molecule has 0 fully saturated rings. The third kappa shape index (κ3) is 9.15. The second kappa shape index (κ2) is 9.15. The fourth-order valence-corrected chi connectivity index (χ4v) is 0.843. The molecule has 0 rings (SSSR count). The molecule has 11 heavy (non-hydrogen) atoms. The normalized spacial score (nSPS) is 11.4. The van der Waals surface area contributed by atoms with Gasteiger partial charge in [-0.3, -0.25) is 4.79 Å². The molecule has 0 saturated heterocycles. The number of hydrogen-bond donors (Lipinski definition) is 0. The Balaban J connectivity index is 3.02. The first-order valence-corrected chi connectivity index (χ1v) is 4.13. The monoisotopic (exact) mass is 152 g/mol. The van der Waals surface area contributed by atoms with Gasteiger partial charge in [-0.15, -0.1) is 0 Å². The second-order valence-corrected chi connectivity index (χ2v) is 2.42. The van der Waals surface area contributed by atoms with Crippen molar-refractivity contribution in [2.45, 2.75) is 32.6 Å². The topological polar surface area (TPSA) is 17.1 Å². The van der Waals surface area contributed by atoms with Crippen LogP contribution in [0, 0.1) is 0 Å². The van der Waals surface area contributed by atoms with Gasteiger partial charge in [-0.1, -0.05) is 18.2 Å². The minimum absolute atomic E-state index is 0.825. The maximum absolute atomic E-state index is 9.84. The summed E-state index contributed by atoms with van der Waals surface area (Å²) in [4.78, 5) is 9.84. The van der Waals surface area contributed by atoms with Crippen LogP contribution < -0.4 is 0 Å². The molecule has 0 bridgehead atoms. The molecule has 0 spiro atoms. The smallest absolute Gasteiger partial charge is 0.142 e. The molecule has 0 amide bonds. The molecule has 0 aromatic heterocycles. The molecule has 0 aliphatic carbocycles. The molecular weight excluding hydrogens is 136 g/mol. The number of carbonyl (C=O) groups is 1. The van der Waals surface area contributed by atoms with Crippen LogP contribution in [0.3, 0.4) is 0 Å². The first-order chi connectivity index (χ1) is 5.41. The zero-order valence-electron chi connectivity index (χ0n) is 7.12. The maximum atomic E-state index is 9.84. The van der Waals surface area contributed by atoms with E-state index >= 15 is 0 Å². The molecule has 0 aliphatic heterocycles. The summed E-state index contributed by atoms with van der Waals surface area (Å²) in [6.07, 6.45) is 13.1. The number of hydrogen-bond acceptors (Lipinski definition) is 1. The molecule has 0 aliphatic rings. The van der Waals surface area contributed by atoms with E-state index in [1.807, 2.05) is 13.0 Å². The molecule has 0 radical (unpaired) electrons. The number of aldehydes is 1. The Labute approximate surface area is 68.8 Å². The van der Waals surface area contributed by atoms with E-state index in [4.69, 9.17) is 0 Å². The highest BCUT2D eigenvalue weighted by molar-refractivity contribution is 5.64. The van der Waals surface area contributed by atoms with Crippen LogP contribution in [-0.4, -0.2) is 6.29 Å². The van der Waals surface area contributed by atoms with Crippen molar-refractivity contribution in [2.24, 2.45) is 0 Å². The van der Waals surface area contributed by atoms with Crippen molar-refractivity contribution in [1.29, 1.82) is 0 Å². The fourth-order valence-electron chi connectivity index (χ4n) is 0.843. The highest BCUT2D eigenvalue weighted by Crippen LogP contribution is 2.00. The van der Waals surface area contributed by atoms with Crippen LogP contribution in [0.1, 0.15) is 32.6 Å². The highest BCUT2D eigenvalue weighted by atomic mass is 16.1. The average molecular weight is 152 g/mol. The third-order valence-electron chi connectivity index (χ3n) is 1.44. The summed E-state index contributed by atoms with van der Waals surface area (Å²) in [5.74, 6) is 0. The van der Waals surface area contributed by atoms with Gasteiger partial charge in [-0.2, -0.15) is 0 Å². The van der Waals surface area contributed by atoms with Crippen LogP contribution in [0.5, 0.6) is 0 Å².